The van der Waals surface area contributed by atoms with E-state index in [9.17, 15) is 15.2 Å². The number of hydrogen-bond acceptors (Lipinski definition) is 7. The lowest BCUT2D eigenvalue weighted by atomic mass is 10.0. The van der Waals surface area contributed by atoms with Crippen LogP contribution in [0.5, 0.6) is 11.5 Å². The van der Waals surface area contributed by atoms with Crippen molar-refractivity contribution in [1.82, 2.24) is 4.57 Å². The molecule has 4 aromatic heterocycles. The van der Waals surface area contributed by atoms with Gasteiger partial charge in [0, 0.05) is 31.1 Å². The second-order valence-corrected chi connectivity index (χ2v) is 17.8. The predicted octanol–water partition coefficient (Wildman–Crippen LogP) is 14.0. The van der Waals surface area contributed by atoms with E-state index in [4.69, 9.17) is 9.47 Å². The number of carboxylic acids is 1. The van der Waals surface area contributed by atoms with E-state index in [-0.39, 0.29) is 5.57 Å². The van der Waals surface area contributed by atoms with Crippen LogP contribution >= 0.6 is 34.0 Å². The summed E-state index contributed by atoms with van der Waals surface area (Å²) in [6.07, 6.45) is 12.6. The lowest BCUT2D eigenvalue weighted by molar-refractivity contribution is -0.132. The maximum Gasteiger partial charge on any atom is 0.346 e. The summed E-state index contributed by atoms with van der Waals surface area (Å²) in [7, 11) is 0. The van der Waals surface area contributed by atoms with Crippen LogP contribution in [0.3, 0.4) is 0 Å². The van der Waals surface area contributed by atoms with Crippen LogP contribution in [0.1, 0.15) is 81.2 Å². The van der Waals surface area contributed by atoms with Crippen molar-refractivity contribution in [2.24, 2.45) is 0 Å². The van der Waals surface area contributed by atoms with Gasteiger partial charge in [-0.15, -0.1) is 34.0 Å². The van der Waals surface area contributed by atoms with E-state index in [1.165, 1.54) is 74.4 Å². The van der Waals surface area contributed by atoms with Crippen molar-refractivity contribution < 1.29 is 19.4 Å². The second kappa shape index (κ2) is 17.6. The van der Waals surface area contributed by atoms with Gasteiger partial charge in [0.15, 0.2) is 11.5 Å². The smallest absolute Gasteiger partial charge is 0.346 e. The third kappa shape index (κ3) is 7.91. The largest absolute Gasteiger partial charge is 0.485 e. The highest BCUT2D eigenvalue weighted by Crippen LogP contribution is 2.57. The summed E-state index contributed by atoms with van der Waals surface area (Å²) in [5.74, 6) is 0.438. The number of aromatic nitrogens is 1. The summed E-state index contributed by atoms with van der Waals surface area (Å²) in [6.45, 7) is 5.46. The Morgan fingerprint density at radius 3 is 1.91 bits per heavy atom. The molecule has 0 saturated carbocycles. The zero-order chi connectivity index (χ0) is 39.3. The number of fused-ring (bicyclic) bond motifs is 4. The molecule has 0 spiro atoms. The highest BCUT2D eigenvalue weighted by molar-refractivity contribution is 7.28. The summed E-state index contributed by atoms with van der Waals surface area (Å²) in [6, 6.07) is 32.3. The van der Waals surface area contributed by atoms with Crippen molar-refractivity contribution in [2.45, 2.75) is 78.1 Å². The van der Waals surface area contributed by atoms with Gasteiger partial charge in [0.05, 0.1) is 25.7 Å². The van der Waals surface area contributed by atoms with Crippen molar-refractivity contribution in [3.05, 3.63) is 107 Å². The van der Waals surface area contributed by atoms with Crippen LogP contribution in [-0.2, 0) is 17.6 Å². The standard InChI is InChI=1S/C48H46N2O4S3/c1-3-5-7-9-15-32-27-36(28-34(30-49)48(51)52)55-44(32)41-29-33(16-10-8-6-4-2)46(56-41)47-43-42(53-25-26-54-43)45(57-47)31-21-23-35(24-22-31)50-39-19-13-11-17-37(39)38-18-12-14-20-40(38)50/h11-14,17-24,27-29H,3-10,15-16,25-26H2,1-2H3,(H,51,52)/b34-28+. The zero-order valence-electron chi connectivity index (χ0n) is 32.4. The maximum absolute atomic E-state index is 11.8. The number of carboxylic acid groups (broad SMARTS) is 1. The topological polar surface area (TPSA) is 84.5 Å². The van der Waals surface area contributed by atoms with E-state index in [0.717, 1.165) is 80.8 Å². The first-order valence-corrected chi connectivity index (χ1v) is 22.6. The molecule has 0 radical (unpaired) electrons. The minimum absolute atomic E-state index is 0.248. The van der Waals surface area contributed by atoms with Crippen molar-refractivity contribution in [2.75, 3.05) is 13.2 Å². The number of hydrogen-bond donors (Lipinski definition) is 1. The molecule has 8 rings (SSSR count). The number of aryl methyl sites for hydroxylation is 2. The Balaban J connectivity index is 1.20. The normalized spacial score (nSPS) is 12.8. The summed E-state index contributed by atoms with van der Waals surface area (Å²) in [5, 5.41) is 21.6. The fourth-order valence-electron chi connectivity index (χ4n) is 7.86. The van der Waals surface area contributed by atoms with E-state index in [1.54, 1.807) is 34.0 Å². The Hall–Kier alpha value is -5.14. The van der Waals surface area contributed by atoms with Gasteiger partial charge in [-0.1, -0.05) is 101 Å². The van der Waals surface area contributed by atoms with Crippen molar-refractivity contribution >= 4 is 67.9 Å². The van der Waals surface area contributed by atoms with E-state index in [2.05, 4.69) is 103 Å². The molecule has 290 valence electrons. The lowest BCUT2D eigenvalue weighted by Gasteiger charge is -2.17. The molecule has 0 aliphatic carbocycles. The van der Waals surface area contributed by atoms with Crippen LogP contribution < -0.4 is 9.47 Å². The summed E-state index contributed by atoms with van der Waals surface area (Å²) < 4.78 is 15.3. The number of carbonyl (C=O) groups is 1. The van der Waals surface area contributed by atoms with Gasteiger partial charge < -0.3 is 19.1 Å². The fourth-order valence-corrected chi connectivity index (χ4v) is 11.7. The van der Waals surface area contributed by atoms with E-state index in [0.29, 0.717) is 13.2 Å². The minimum Gasteiger partial charge on any atom is -0.485 e. The number of ether oxygens (including phenoxy) is 2. The Morgan fingerprint density at radius 2 is 1.32 bits per heavy atom. The lowest BCUT2D eigenvalue weighted by Crippen LogP contribution is -2.14. The number of benzene rings is 3. The SMILES string of the molecule is CCCCCCc1cc(/C=C(\C#N)C(=O)O)sc1-c1cc(CCCCCC)c(-c2sc(-c3ccc(-n4c5ccccc5c5ccccc54)cc3)c3c2OCCO3)s1. The maximum atomic E-state index is 11.8. The Morgan fingerprint density at radius 1 is 0.719 bits per heavy atom. The third-order valence-electron chi connectivity index (χ3n) is 10.7. The number of nitriles is 1. The molecule has 6 nitrogen and oxygen atoms in total. The average Bonchev–Trinajstić information content (AvgIpc) is 4.02. The van der Waals surface area contributed by atoms with Gasteiger partial charge in [0.25, 0.3) is 0 Å². The van der Waals surface area contributed by atoms with Gasteiger partial charge in [-0.05, 0) is 84.8 Å². The molecular formula is C48H46N2O4S3. The second-order valence-electron chi connectivity index (χ2n) is 14.6. The molecule has 0 fully saturated rings. The van der Waals surface area contributed by atoms with Gasteiger partial charge in [0.1, 0.15) is 24.9 Å². The fraction of sp³-hybridized carbons (Fsp3) is 0.292. The summed E-state index contributed by atoms with van der Waals surface area (Å²) in [4.78, 5) is 18.3. The third-order valence-corrected chi connectivity index (χ3v) is 14.5. The Kier molecular flexibility index (Phi) is 11.9. The first kappa shape index (κ1) is 38.7. The van der Waals surface area contributed by atoms with Gasteiger partial charge in [-0.3, -0.25) is 0 Å². The van der Waals surface area contributed by atoms with Crippen LogP contribution in [0.4, 0.5) is 0 Å². The van der Waals surface area contributed by atoms with Crippen molar-refractivity contribution in [1.29, 1.82) is 5.26 Å². The first-order chi connectivity index (χ1) is 28.0. The molecule has 1 N–H and O–H groups in total. The number of thiophene rings is 3. The number of para-hydroxylation sites is 2. The molecule has 0 atom stereocenters. The average molecular weight is 811 g/mol. The molecule has 9 heteroatoms. The molecule has 0 unspecified atom stereocenters. The van der Waals surface area contributed by atoms with Crippen LogP contribution in [0.15, 0.2) is 90.5 Å². The van der Waals surface area contributed by atoms with E-state index < -0.39 is 5.97 Å². The van der Waals surface area contributed by atoms with E-state index >= 15 is 0 Å². The molecule has 0 amide bonds. The quantitative estimate of drug-likeness (QED) is 0.0597. The number of nitrogens with zero attached hydrogens (tertiary/aromatic N) is 2. The Labute approximate surface area is 346 Å². The minimum atomic E-state index is -1.20. The Bertz CT molecular complexity index is 2560. The predicted molar refractivity (Wildman–Crippen MR) is 239 cm³/mol. The van der Waals surface area contributed by atoms with Crippen LogP contribution in [0.2, 0.25) is 0 Å². The van der Waals surface area contributed by atoms with Gasteiger partial charge in [0.2, 0.25) is 0 Å². The first-order valence-electron chi connectivity index (χ1n) is 20.1. The number of aliphatic carboxylic acids is 1. The van der Waals surface area contributed by atoms with Crippen molar-refractivity contribution in [3.63, 3.8) is 0 Å². The zero-order valence-corrected chi connectivity index (χ0v) is 34.9. The van der Waals surface area contributed by atoms with Crippen LogP contribution in [0.25, 0.3) is 63.5 Å². The number of unbranched alkanes of at least 4 members (excludes halogenated alkanes) is 6. The molecule has 7 aromatic rings. The van der Waals surface area contributed by atoms with Crippen molar-refractivity contribution in [3.8, 4) is 53.2 Å². The van der Waals surface area contributed by atoms with Crippen LogP contribution in [0, 0.1) is 11.3 Å². The highest BCUT2D eigenvalue weighted by Gasteiger charge is 2.29. The van der Waals surface area contributed by atoms with Gasteiger partial charge in [-0.25, -0.2) is 4.79 Å². The molecule has 0 bridgehead atoms. The molecule has 1 aliphatic heterocycles. The monoisotopic (exact) mass is 810 g/mol. The van der Waals surface area contributed by atoms with E-state index in [1.807, 2.05) is 6.07 Å². The molecule has 1 aliphatic rings. The molecule has 5 heterocycles. The van der Waals surface area contributed by atoms with Crippen LogP contribution in [-0.4, -0.2) is 28.9 Å². The highest BCUT2D eigenvalue weighted by atomic mass is 32.1. The molecular weight excluding hydrogens is 765 g/mol. The summed E-state index contributed by atoms with van der Waals surface area (Å²) in [5.41, 5.74) is 6.85. The van der Waals surface area contributed by atoms with Gasteiger partial charge in [-0.2, -0.15) is 5.26 Å². The van der Waals surface area contributed by atoms with Gasteiger partial charge >= 0.3 is 5.97 Å². The summed E-state index contributed by atoms with van der Waals surface area (Å²) >= 11 is 5.13. The number of rotatable bonds is 16. The molecule has 0 saturated heterocycles. The molecule has 57 heavy (non-hydrogen) atoms. The molecule has 3 aromatic carbocycles.